The lowest BCUT2D eigenvalue weighted by Gasteiger charge is -2.08. The molecule has 0 bridgehead atoms. The minimum Gasteiger partial charge on any atom is -0.481 e. The van der Waals surface area contributed by atoms with Crippen LogP contribution in [0.4, 0.5) is 4.39 Å². The summed E-state index contributed by atoms with van der Waals surface area (Å²) in [4.78, 5) is 10.4. The summed E-state index contributed by atoms with van der Waals surface area (Å²) in [6.45, 7) is 1.16. The molecule has 5 heteroatoms. The topological polar surface area (TPSA) is 72.6 Å². The van der Waals surface area contributed by atoms with E-state index >= 15 is 0 Å². The maximum atomic E-state index is 13.3. The Bertz CT molecular complexity index is 366. The second-order valence-electron chi connectivity index (χ2n) is 3.12. The van der Waals surface area contributed by atoms with Gasteiger partial charge in [0.25, 0.3) is 5.91 Å². The molecule has 0 fully saturated rings. The second-order valence-corrected chi connectivity index (χ2v) is 3.12. The third kappa shape index (κ3) is 3.21. The van der Waals surface area contributed by atoms with Crippen molar-refractivity contribution >= 4 is 5.91 Å². The van der Waals surface area contributed by atoms with Crippen LogP contribution in [0.25, 0.3) is 0 Å². The Morgan fingerprint density at radius 3 is 2.80 bits per heavy atom. The van der Waals surface area contributed by atoms with Crippen LogP contribution >= 0.6 is 0 Å². The molecule has 1 aromatic rings. The van der Waals surface area contributed by atoms with Crippen LogP contribution in [0.3, 0.4) is 0 Å². The van der Waals surface area contributed by atoms with Crippen molar-refractivity contribution in [1.29, 1.82) is 0 Å². The van der Waals surface area contributed by atoms with Gasteiger partial charge in [-0.2, -0.15) is 0 Å². The van der Waals surface area contributed by atoms with Gasteiger partial charge in [-0.05, 0) is 24.6 Å². The van der Waals surface area contributed by atoms with Crippen molar-refractivity contribution in [3.8, 4) is 5.75 Å². The summed E-state index contributed by atoms with van der Waals surface area (Å²) in [5, 5.41) is 9.18. The predicted octanol–water partition coefficient (Wildman–Crippen LogP) is 0.743. The van der Waals surface area contributed by atoms with Gasteiger partial charge in [-0.15, -0.1) is 0 Å². The number of rotatable bonds is 4. The van der Waals surface area contributed by atoms with Gasteiger partial charge in [0.15, 0.2) is 18.2 Å². The first kappa shape index (κ1) is 11.5. The van der Waals surface area contributed by atoms with E-state index in [1.165, 1.54) is 19.1 Å². The number of nitrogens with two attached hydrogens (primary N) is 1. The number of benzene rings is 1. The number of hydrogen-bond donors (Lipinski definition) is 2. The van der Waals surface area contributed by atoms with E-state index in [1.807, 2.05) is 0 Å². The molecule has 1 atom stereocenters. The molecule has 0 aliphatic carbocycles. The van der Waals surface area contributed by atoms with Crippen LogP contribution in [0.15, 0.2) is 18.2 Å². The fraction of sp³-hybridized carbons (Fsp3) is 0.300. The minimum atomic E-state index is -0.746. The number of aliphatic hydroxyl groups is 1. The highest BCUT2D eigenvalue weighted by Crippen LogP contribution is 2.21. The van der Waals surface area contributed by atoms with Crippen molar-refractivity contribution in [1.82, 2.24) is 0 Å². The molecule has 15 heavy (non-hydrogen) atoms. The fourth-order valence-electron chi connectivity index (χ4n) is 1.04. The lowest BCUT2D eigenvalue weighted by atomic mass is 10.1. The van der Waals surface area contributed by atoms with E-state index < -0.39 is 17.8 Å². The van der Waals surface area contributed by atoms with Gasteiger partial charge in [0.1, 0.15) is 0 Å². The van der Waals surface area contributed by atoms with Crippen molar-refractivity contribution in [3.05, 3.63) is 29.6 Å². The SMILES string of the molecule is CC(O)c1ccc(OCC(N)=O)c(F)c1. The Kier molecular flexibility index (Phi) is 3.62. The van der Waals surface area contributed by atoms with E-state index in [0.29, 0.717) is 5.56 Å². The molecule has 1 aromatic carbocycles. The number of ether oxygens (including phenoxy) is 1. The summed E-state index contributed by atoms with van der Waals surface area (Å²) >= 11 is 0. The third-order valence-corrected chi connectivity index (χ3v) is 1.81. The average molecular weight is 213 g/mol. The van der Waals surface area contributed by atoms with E-state index in [0.717, 1.165) is 6.07 Å². The highest BCUT2D eigenvalue weighted by atomic mass is 19.1. The average Bonchev–Trinajstić information content (AvgIpc) is 2.15. The molecule has 1 unspecified atom stereocenters. The molecule has 3 N–H and O–H groups in total. The van der Waals surface area contributed by atoms with Crippen LogP contribution in [0, 0.1) is 5.82 Å². The number of hydrogen-bond acceptors (Lipinski definition) is 3. The molecular formula is C10H12FNO3. The van der Waals surface area contributed by atoms with Crippen LogP contribution in [-0.4, -0.2) is 17.6 Å². The highest BCUT2D eigenvalue weighted by molar-refractivity contribution is 5.75. The van der Waals surface area contributed by atoms with Crippen molar-refractivity contribution < 1.29 is 19.0 Å². The smallest absolute Gasteiger partial charge is 0.255 e. The fourth-order valence-corrected chi connectivity index (χ4v) is 1.04. The number of amides is 1. The maximum absolute atomic E-state index is 13.3. The summed E-state index contributed by atoms with van der Waals surface area (Å²) in [6, 6.07) is 4.02. The van der Waals surface area contributed by atoms with E-state index in [9.17, 15) is 14.3 Å². The number of primary amides is 1. The first-order valence-corrected chi connectivity index (χ1v) is 4.39. The van der Waals surface area contributed by atoms with E-state index in [2.05, 4.69) is 0 Å². The van der Waals surface area contributed by atoms with Crippen LogP contribution in [0.5, 0.6) is 5.75 Å². The molecule has 0 spiro atoms. The zero-order valence-corrected chi connectivity index (χ0v) is 8.24. The molecule has 4 nitrogen and oxygen atoms in total. The van der Waals surface area contributed by atoms with Gasteiger partial charge in [-0.3, -0.25) is 4.79 Å². The molecule has 0 aliphatic rings. The van der Waals surface area contributed by atoms with Crippen molar-refractivity contribution in [2.24, 2.45) is 5.73 Å². The Balaban J connectivity index is 2.79. The lowest BCUT2D eigenvalue weighted by Crippen LogP contribution is -2.20. The molecule has 0 heterocycles. The molecule has 0 radical (unpaired) electrons. The highest BCUT2D eigenvalue weighted by Gasteiger charge is 2.08. The minimum absolute atomic E-state index is 0.0572. The third-order valence-electron chi connectivity index (χ3n) is 1.81. The molecule has 0 saturated carbocycles. The molecular weight excluding hydrogens is 201 g/mol. The Labute approximate surface area is 86.5 Å². The van der Waals surface area contributed by atoms with E-state index in [4.69, 9.17) is 10.5 Å². The molecule has 0 aromatic heterocycles. The quantitative estimate of drug-likeness (QED) is 0.774. The predicted molar refractivity (Wildman–Crippen MR) is 51.7 cm³/mol. The van der Waals surface area contributed by atoms with Gasteiger partial charge in [-0.1, -0.05) is 6.07 Å². The van der Waals surface area contributed by atoms with Crippen LogP contribution in [0.2, 0.25) is 0 Å². The number of carbonyl (C=O) groups excluding carboxylic acids is 1. The lowest BCUT2D eigenvalue weighted by molar-refractivity contribution is -0.120. The standard InChI is InChI=1S/C10H12FNO3/c1-6(13)7-2-3-9(8(11)4-7)15-5-10(12)14/h2-4,6,13H,5H2,1H3,(H2,12,14). The van der Waals surface area contributed by atoms with Gasteiger partial charge in [0.05, 0.1) is 6.10 Å². The second kappa shape index (κ2) is 4.75. The van der Waals surface area contributed by atoms with E-state index in [1.54, 1.807) is 0 Å². The van der Waals surface area contributed by atoms with Gasteiger partial charge in [0.2, 0.25) is 0 Å². The summed E-state index contributed by atoms with van der Waals surface area (Å²) in [5.74, 6) is -1.36. The number of halogens is 1. The van der Waals surface area contributed by atoms with Crippen LogP contribution in [0.1, 0.15) is 18.6 Å². The molecule has 1 rings (SSSR count). The van der Waals surface area contributed by atoms with Gasteiger partial charge >= 0.3 is 0 Å². The first-order chi connectivity index (χ1) is 7.00. The maximum Gasteiger partial charge on any atom is 0.255 e. The largest absolute Gasteiger partial charge is 0.481 e. The summed E-state index contributed by atoms with van der Waals surface area (Å²) in [6.07, 6.45) is -0.746. The Hall–Kier alpha value is -1.62. The number of aliphatic hydroxyl groups excluding tert-OH is 1. The number of carbonyl (C=O) groups is 1. The zero-order chi connectivity index (χ0) is 11.4. The van der Waals surface area contributed by atoms with Gasteiger partial charge in [-0.25, -0.2) is 4.39 Å². The van der Waals surface area contributed by atoms with E-state index in [-0.39, 0.29) is 12.4 Å². The Morgan fingerprint density at radius 2 is 2.33 bits per heavy atom. The summed E-state index contributed by atoms with van der Waals surface area (Å²) < 4.78 is 18.1. The molecule has 82 valence electrons. The summed E-state index contributed by atoms with van der Waals surface area (Å²) in [7, 11) is 0. The van der Waals surface area contributed by atoms with Gasteiger partial charge < -0.3 is 15.6 Å². The normalized spacial score (nSPS) is 12.2. The molecule has 1 amide bonds. The Morgan fingerprint density at radius 1 is 1.67 bits per heavy atom. The monoisotopic (exact) mass is 213 g/mol. The van der Waals surface area contributed by atoms with Crippen molar-refractivity contribution in [2.75, 3.05) is 6.61 Å². The van der Waals surface area contributed by atoms with Crippen molar-refractivity contribution in [2.45, 2.75) is 13.0 Å². The van der Waals surface area contributed by atoms with Crippen LogP contribution < -0.4 is 10.5 Å². The molecule has 0 aliphatic heterocycles. The summed E-state index contributed by atoms with van der Waals surface area (Å²) in [5.41, 5.74) is 5.29. The van der Waals surface area contributed by atoms with Crippen molar-refractivity contribution in [3.63, 3.8) is 0 Å². The molecule has 0 saturated heterocycles. The van der Waals surface area contributed by atoms with Gasteiger partial charge in [0, 0.05) is 0 Å². The van der Waals surface area contributed by atoms with Crippen LogP contribution in [-0.2, 0) is 4.79 Å². The first-order valence-electron chi connectivity index (χ1n) is 4.39. The zero-order valence-electron chi connectivity index (χ0n) is 8.24.